The van der Waals surface area contributed by atoms with E-state index in [-0.39, 0.29) is 11.9 Å². The Kier molecular flexibility index (Phi) is 4.73. The van der Waals surface area contributed by atoms with Crippen LogP contribution in [0.5, 0.6) is 0 Å². The Balaban J connectivity index is 1.89. The number of thiophene rings is 2. The first-order chi connectivity index (χ1) is 10.2. The van der Waals surface area contributed by atoms with E-state index in [1.54, 1.807) is 28.7 Å². The molecule has 0 bridgehead atoms. The minimum Gasteiger partial charge on any atom is -0.374 e. The maximum absolute atomic E-state index is 14.0. The molecule has 1 atom stereocenters. The lowest BCUT2D eigenvalue weighted by Crippen LogP contribution is -2.13. The molecular weight excluding hydrogens is 369 g/mol. The third-order valence-corrected chi connectivity index (χ3v) is 5.70. The molecule has 2 aromatic heterocycles. The number of hydrogen-bond donors (Lipinski definition) is 1. The average Bonchev–Trinajstić information content (AvgIpc) is 3.14. The van der Waals surface area contributed by atoms with Crippen LogP contribution in [0.3, 0.4) is 0 Å². The molecule has 1 N–H and O–H groups in total. The van der Waals surface area contributed by atoms with Gasteiger partial charge >= 0.3 is 0 Å². The average molecular weight is 382 g/mol. The molecule has 1 unspecified atom stereocenters. The molecule has 0 saturated carbocycles. The molecule has 0 aliphatic carbocycles. The van der Waals surface area contributed by atoms with Gasteiger partial charge in [0.2, 0.25) is 0 Å². The van der Waals surface area contributed by atoms with Crippen LogP contribution in [0.25, 0.3) is 0 Å². The van der Waals surface area contributed by atoms with Gasteiger partial charge in [0, 0.05) is 20.6 Å². The molecular formula is C16H13BrFNS2. The van der Waals surface area contributed by atoms with Gasteiger partial charge in [0.25, 0.3) is 0 Å². The first-order valence-corrected chi connectivity index (χ1v) is 9.05. The minimum absolute atomic E-state index is 0.0665. The Morgan fingerprint density at radius 1 is 1.05 bits per heavy atom. The summed E-state index contributed by atoms with van der Waals surface area (Å²) < 4.78 is 14.8. The SMILES string of the molecule is Fc1cccc(Br)c1NC(Cc1cccs1)c1cccs1. The smallest absolute Gasteiger partial charge is 0.147 e. The fourth-order valence-electron chi connectivity index (χ4n) is 2.15. The predicted molar refractivity (Wildman–Crippen MR) is 92.8 cm³/mol. The van der Waals surface area contributed by atoms with Crippen molar-refractivity contribution in [3.63, 3.8) is 0 Å². The van der Waals surface area contributed by atoms with Crippen molar-refractivity contribution in [3.05, 3.63) is 73.3 Å². The fraction of sp³-hybridized carbons (Fsp3) is 0.125. The standard InChI is InChI=1S/C16H13BrFNS2/c17-12-5-1-6-13(18)16(12)19-14(15-7-3-9-21-15)10-11-4-2-8-20-11/h1-9,14,19H,10H2. The van der Waals surface area contributed by atoms with Gasteiger partial charge in [0.1, 0.15) is 5.82 Å². The van der Waals surface area contributed by atoms with Crippen molar-refractivity contribution in [2.75, 3.05) is 5.32 Å². The molecule has 5 heteroatoms. The van der Waals surface area contributed by atoms with Crippen molar-refractivity contribution in [3.8, 4) is 0 Å². The summed E-state index contributed by atoms with van der Waals surface area (Å²) >= 11 is 6.84. The van der Waals surface area contributed by atoms with Crippen LogP contribution in [0.4, 0.5) is 10.1 Å². The number of rotatable bonds is 5. The molecule has 108 valence electrons. The summed E-state index contributed by atoms with van der Waals surface area (Å²) in [7, 11) is 0. The van der Waals surface area contributed by atoms with Gasteiger partial charge in [0.05, 0.1) is 11.7 Å². The number of anilines is 1. The Morgan fingerprint density at radius 3 is 2.52 bits per heavy atom. The number of benzene rings is 1. The topological polar surface area (TPSA) is 12.0 Å². The van der Waals surface area contributed by atoms with Gasteiger partial charge in [-0.15, -0.1) is 22.7 Å². The van der Waals surface area contributed by atoms with Crippen LogP contribution in [0.1, 0.15) is 15.8 Å². The highest BCUT2D eigenvalue weighted by Gasteiger charge is 2.17. The van der Waals surface area contributed by atoms with Crippen LogP contribution in [-0.2, 0) is 6.42 Å². The Hall–Kier alpha value is -1.17. The molecule has 2 heterocycles. The molecule has 0 saturated heterocycles. The third kappa shape index (κ3) is 3.54. The van der Waals surface area contributed by atoms with Crippen molar-refractivity contribution < 1.29 is 4.39 Å². The van der Waals surface area contributed by atoms with E-state index in [4.69, 9.17) is 0 Å². The zero-order valence-electron chi connectivity index (χ0n) is 11.1. The van der Waals surface area contributed by atoms with Crippen LogP contribution in [-0.4, -0.2) is 0 Å². The number of nitrogens with one attached hydrogen (secondary N) is 1. The highest BCUT2D eigenvalue weighted by molar-refractivity contribution is 9.10. The predicted octanol–water partition coefficient (Wildman–Crippen LogP) is 6.11. The zero-order chi connectivity index (χ0) is 14.7. The Labute approximate surface area is 139 Å². The van der Waals surface area contributed by atoms with Crippen molar-refractivity contribution in [2.24, 2.45) is 0 Å². The van der Waals surface area contributed by atoms with Gasteiger partial charge in [-0.05, 0) is 51.0 Å². The normalized spacial score (nSPS) is 12.3. The van der Waals surface area contributed by atoms with E-state index < -0.39 is 0 Å². The maximum Gasteiger partial charge on any atom is 0.147 e. The van der Waals surface area contributed by atoms with Crippen LogP contribution in [0.15, 0.2) is 57.7 Å². The first kappa shape index (κ1) is 14.8. The summed E-state index contributed by atoms with van der Waals surface area (Å²) in [4.78, 5) is 2.49. The highest BCUT2D eigenvalue weighted by Crippen LogP contribution is 2.33. The summed E-state index contributed by atoms with van der Waals surface area (Å²) in [5, 5.41) is 7.47. The summed E-state index contributed by atoms with van der Waals surface area (Å²) in [5.74, 6) is -0.239. The molecule has 0 spiro atoms. The quantitative estimate of drug-likeness (QED) is 0.562. The molecule has 0 radical (unpaired) electrons. The molecule has 3 aromatic rings. The van der Waals surface area contributed by atoms with Crippen molar-refractivity contribution >= 4 is 44.3 Å². The van der Waals surface area contributed by atoms with Gasteiger partial charge in [-0.2, -0.15) is 0 Å². The molecule has 0 aliphatic rings. The van der Waals surface area contributed by atoms with Crippen LogP contribution >= 0.6 is 38.6 Å². The lowest BCUT2D eigenvalue weighted by Gasteiger charge is -2.19. The summed E-state index contributed by atoms with van der Waals surface area (Å²) in [5.41, 5.74) is 0.521. The van der Waals surface area contributed by atoms with Gasteiger partial charge in [-0.1, -0.05) is 18.2 Å². The van der Waals surface area contributed by atoms with Crippen molar-refractivity contribution in [1.29, 1.82) is 0 Å². The van der Waals surface area contributed by atoms with Crippen molar-refractivity contribution in [1.82, 2.24) is 0 Å². The second kappa shape index (κ2) is 6.73. The fourth-order valence-corrected chi connectivity index (χ4v) is 4.14. The first-order valence-electron chi connectivity index (χ1n) is 6.50. The maximum atomic E-state index is 14.0. The van der Waals surface area contributed by atoms with E-state index in [2.05, 4.69) is 44.1 Å². The molecule has 3 rings (SSSR count). The second-order valence-electron chi connectivity index (χ2n) is 4.59. The molecule has 1 nitrogen and oxygen atoms in total. The number of para-hydroxylation sites is 1. The summed E-state index contributed by atoms with van der Waals surface area (Å²) in [6.07, 6.45) is 0.846. The van der Waals surface area contributed by atoms with Crippen LogP contribution in [0, 0.1) is 5.82 Å². The van der Waals surface area contributed by atoms with Gasteiger partial charge in [0.15, 0.2) is 0 Å². The van der Waals surface area contributed by atoms with E-state index in [0.717, 1.165) is 10.9 Å². The second-order valence-corrected chi connectivity index (χ2v) is 7.46. The van der Waals surface area contributed by atoms with Crippen LogP contribution in [0.2, 0.25) is 0 Å². The number of halogens is 2. The lowest BCUT2D eigenvalue weighted by atomic mass is 10.1. The largest absolute Gasteiger partial charge is 0.374 e. The highest BCUT2D eigenvalue weighted by atomic mass is 79.9. The monoisotopic (exact) mass is 381 g/mol. The van der Waals surface area contributed by atoms with Gasteiger partial charge in [-0.3, -0.25) is 0 Å². The molecule has 0 amide bonds. The van der Waals surface area contributed by atoms with E-state index in [9.17, 15) is 4.39 Å². The van der Waals surface area contributed by atoms with E-state index in [1.165, 1.54) is 15.8 Å². The molecule has 21 heavy (non-hydrogen) atoms. The summed E-state index contributed by atoms with van der Waals surface area (Å²) in [6, 6.07) is 13.4. The van der Waals surface area contributed by atoms with Crippen molar-refractivity contribution in [2.45, 2.75) is 12.5 Å². The summed E-state index contributed by atoms with van der Waals surface area (Å²) in [6.45, 7) is 0. The zero-order valence-corrected chi connectivity index (χ0v) is 14.3. The molecule has 0 fully saturated rings. The van der Waals surface area contributed by atoms with E-state index >= 15 is 0 Å². The molecule has 1 aromatic carbocycles. The van der Waals surface area contributed by atoms with Gasteiger partial charge in [-0.25, -0.2) is 4.39 Å². The van der Waals surface area contributed by atoms with E-state index in [0.29, 0.717) is 5.69 Å². The van der Waals surface area contributed by atoms with Gasteiger partial charge < -0.3 is 5.32 Å². The lowest BCUT2D eigenvalue weighted by molar-refractivity contribution is 0.625. The molecule has 0 aliphatic heterocycles. The van der Waals surface area contributed by atoms with Crippen LogP contribution < -0.4 is 5.32 Å². The Bertz CT molecular complexity index is 675. The minimum atomic E-state index is -0.239. The third-order valence-electron chi connectivity index (χ3n) is 3.15. The number of hydrogen-bond acceptors (Lipinski definition) is 3. The Morgan fingerprint density at radius 2 is 1.86 bits per heavy atom. The van der Waals surface area contributed by atoms with E-state index in [1.807, 2.05) is 18.2 Å².